The SMILES string of the molecule is COC1NNC(C(F)F)CC1C1CC(C)NCC1C(=O)NC1NC2CN(C(=O)C3NCCC(C(F)(F)F)C3F)CC2S1. The van der Waals surface area contributed by atoms with E-state index in [9.17, 15) is 35.9 Å². The lowest BCUT2D eigenvalue weighted by Gasteiger charge is -2.46. The number of alkyl halides is 6. The number of amides is 2. The van der Waals surface area contributed by atoms with Crippen molar-refractivity contribution in [3.8, 4) is 0 Å². The number of nitrogens with one attached hydrogen (secondary N) is 6. The van der Waals surface area contributed by atoms with E-state index in [0.717, 1.165) is 0 Å². The molecule has 0 aliphatic carbocycles. The van der Waals surface area contributed by atoms with E-state index in [2.05, 4.69) is 32.1 Å². The molecule has 0 radical (unpaired) electrons. The molecule has 17 heteroatoms. The smallest absolute Gasteiger partial charge is 0.365 e. The summed E-state index contributed by atoms with van der Waals surface area (Å²) in [5.74, 6) is -4.15. The number of thioether (sulfide) groups is 1. The predicted octanol–water partition coefficient (Wildman–Crippen LogP) is 0.515. The Morgan fingerprint density at radius 3 is 2.52 bits per heavy atom. The van der Waals surface area contributed by atoms with Crippen LogP contribution in [0.15, 0.2) is 0 Å². The van der Waals surface area contributed by atoms with E-state index in [4.69, 9.17) is 4.74 Å². The van der Waals surface area contributed by atoms with Crippen molar-refractivity contribution in [2.75, 3.05) is 33.3 Å². The van der Waals surface area contributed by atoms with Crippen LogP contribution in [-0.4, -0.2) is 110 Å². The maximum Gasteiger partial charge on any atom is 0.394 e. The number of likely N-dealkylation sites (tertiary alicyclic amines) is 1. The molecule has 12 unspecified atom stereocenters. The molecule has 10 nitrogen and oxygen atoms in total. The summed E-state index contributed by atoms with van der Waals surface area (Å²) < 4.78 is 87.0. The van der Waals surface area contributed by atoms with Gasteiger partial charge in [0.05, 0.1) is 17.9 Å². The first-order valence-electron chi connectivity index (χ1n) is 14.4. The van der Waals surface area contributed by atoms with Crippen molar-refractivity contribution in [3.63, 3.8) is 0 Å². The fraction of sp³-hybridized carbons (Fsp3) is 0.920. The number of piperidine rings is 2. The van der Waals surface area contributed by atoms with Gasteiger partial charge in [-0.2, -0.15) is 13.2 Å². The van der Waals surface area contributed by atoms with Gasteiger partial charge in [0.2, 0.25) is 11.8 Å². The number of ether oxygens (including phenoxy) is 1. The lowest BCUT2D eigenvalue weighted by molar-refractivity contribution is -0.201. The molecule has 6 N–H and O–H groups in total. The summed E-state index contributed by atoms with van der Waals surface area (Å²) in [6.07, 6.45) is -9.85. The van der Waals surface area contributed by atoms with E-state index in [0.29, 0.717) is 13.0 Å². The molecular weight excluding hydrogens is 592 g/mol. The number of carbonyl (C=O) groups excluding carboxylic acids is 2. The molecule has 5 rings (SSSR count). The van der Waals surface area contributed by atoms with Gasteiger partial charge in [-0.15, -0.1) is 11.8 Å². The normalized spacial score (nSPS) is 42.9. The zero-order chi connectivity index (χ0) is 30.3. The first-order chi connectivity index (χ1) is 19.9. The summed E-state index contributed by atoms with van der Waals surface area (Å²) in [5.41, 5.74) is 4.97. The maximum atomic E-state index is 14.7. The Morgan fingerprint density at radius 2 is 1.86 bits per heavy atom. The predicted molar refractivity (Wildman–Crippen MR) is 142 cm³/mol. The Bertz CT molecular complexity index is 971. The summed E-state index contributed by atoms with van der Waals surface area (Å²) >= 11 is 1.40. The molecule has 0 spiro atoms. The van der Waals surface area contributed by atoms with Crippen molar-refractivity contribution >= 4 is 23.6 Å². The van der Waals surface area contributed by atoms with Gasteiger partial charge < -0.3 is 25.6 Å². The van der Waals surface area contributed by atoms with Gasteiger partial charge >= 0.3 is 6.18 Å². The third-order valence-electron chi connectivity index (χ3n) is 9.34. The number of fused-ring (bicyclic) bond motifs is 1. The number of hydrogen-bond acceptors (Lipinski definition) is 9. The second-order valence-electron chi connectivity index (χ2n) is 12.0. The molecule has 5 fully saturated rings. The Labute approximate surface area is 244 Å². The highest BCUT2D eigenvalue weighted by Crippen LogP contribution is 2.39. The van der Waals surface area contributed by atoms with Crippen molar-refractivity contribution in [3.05, 3.63) is 0 Å². The van der Waals surface area contributed by atoms with Crippen LogP contribution in [0.4, 0.5) is 26.3 Å². The molecule has 0 aromatic rings. The number of hydrogen-bond donors (Lipinski definition) is 6. The van der Waals surface area contributed by atoms with E-state index in [-0.39, 0.29) is 61.1 Å². The Kier molecular flexibility index (Phi) is 9.86. The molecule has 5 heterocycles. The first-order valence-corrected chi connectivity index (χ1v) is 15.3. The quantitative estimate of drug-likeness (QED) is 0.233. The number of nitrogens with zero attached hydrogens (tertiary/aromatic N) is 1. The van der Waals surface area contributed by atoms with Crippen LogP contribution in [0.1, 0.15) is 26.2 Å². The number of rotatable bonds is 6. The zero-order valence-electron chi connectivity index (χ0n) is 23.3. The molecule has 42 heavy (non-hydrogen) atoms. The third-order valence-corrected chi connectivity index (χ3v) is 10.7. The van der Waals surface area contributed by atoms with Crippen LogP contribution in [0.3, 0.4) is 0 Å². The second kappa shape index (κ2) is 12.9. The highest BCUT2D eigenvalue weighted by Gasteiger charge is 2.53. The fourth-order valence-electron chi connectivity index (χ4n) is 7.10. The zero-order valence-corrected chi connectivity index (χ0v) is 24.1. The van der Waals surface area contributed by atoms with Gasteiger partial charge in [-0.1, -0.05) is 0 Å². The molecule has 12 atom stereocenters. The summed E-state index contributed by atoms with van der Waals surface area (Å²) in [7, 11) is 1.49. The molecule has 5 saturated heterocycles. The van der Waals surface area contributed by atoms with Gasteiger partial charge in [0, 0.05) is 50.0 Å². The van der Waals surface area contributed by atoms with E-state index in [1.165, 1.54) is 23.8 Å². The number of methoxy groups -OCH3 is 1. The van der Waals surface area contributed by atoms with E-state index < -0.39 is 66.7 Å². The average molecular weight is 632 g/mol. The lowest BCUT2D eigenvalue weighted by Crippen LogP contribution is -2.63. The monoisotopic (exact) mass is 631 g/mol. The van der Waals surface area contributed by atoms with E-state index in [1.54, 1.807) is 0 Å². The van der Waals surface area contributed by atoms with Crippen LogP contribution in [0.5, 0.6) is 0 Å². The minimum Gasteiger partial charge on any atom is -0.365 e. The molecule has 5 aliphatic rings. The second-order valence-corrected chi connectivity index (χ2v) is 13.3. The highest BCUT2D eigenvalue weighted by atomic mass is 32.2. The van der Waals surface area contributed by atoms with Crippen LogP contribution < -0.4 is 32.1 Å². The van der Waals surface area contributed by atoms with Crippen molar-refractivity contribution in [2.24, 2.45) is 23.7 Å². The highest BCUT2D eigenvalue weighted by molar-refractivity contribution is 8.00. The Balaban J connectivity index is 1.17. The summed E-state index contributed by atoms with van der Waals surface area (Å²) in [5, 5.41) is 12.1. The number of halogens is 6. The van der Waals surface area contributed by atoms with E-state index >= 15 is 0 Å². The van der Waals surface area contributed by atoms with Gasteiger partial charge in [-0.05, 0) is 38.6 Å². The fourth-order valence-corrected chi connectivity index (χ4v) is 8.51. The van der Waals surface area contributed by atoms with Gasteiger partial charge in [0.1, 0.15) is 23.9 Å². The van der Waals surface area contributed by atoms with Crippen molar-refractivity contribution in [1.82, 2.24) is 37.0 Å². The van der Waals surface area contributed by atoms with Gasteiger partial charge in [-0.25, -0.2) is 24.0 Å². The molecule has 0 aromatic heterocycles. The van der Waals surface area contributed by atoms with Crippen LogP contribution in [-0.2, 0) is 14.3 Å². The van der Waals surface area contributed by atoms with Crippen LogP contribution in [0.25, 0.3) is 0 Å². The molecule has 0 aromatic carbocycles. The molecule has 5 aliphatic heterocycles. The largest absolute Gasteiger partial charge is 0.394 e. The minimum atomic E-state index is -4.71. The summed E-state index contributed by atoms with van der Waals surface area (Å²) in [6.45, 7) is 2.66. The third kappa shape index (κ3) is 6.66. The molecule has 2 amide bonds. The van der Waals surface area contributed by atoms with Crippen LogP contribution >= 0.6 is 11.8 Å². The average Bonchev–Trinajstić information content (AvgIpc) is 3.50. The molecule has 240 valence electrons. The van der Waals surface area contributed by atoms with Crippen molar-refractivity contribution < 1.29 is 40.7 Å². The number of hydrazine groups is 1. The van der Waals surface area contributed by atoms with Crippen LogP contribution in [0, 0.1) is 23.7 Å². The van der Waals surface area contributed by atoms with Crippen molar-refractivity contribution in [2.45, 2.75) is 86.1 Å². The van der Waals surface area contributed by atoms with Crippen molar-refractivity contribution in [1.29, 1.82) is 0 Å². The summed E-state index contributed by atoms with van der Waals surface area (Å²) in [4.78, 5) is 27.9. The Morgan fingerprint density at radius 1 is 1.10 bits per heavy atom. The Hall–Kier alpha value is -1.37. The van der Waals surface area contributed by atoms with E-state index in [1.807, 2.05) is 6.92 Å². The minimum absolute atomic E-state index is 0.0901. The van der Waals surface area contributed by atoms with Gasteiger partial charge in [0.25, 0.3) is 6.43 Å². The van der Waals surface area contributed by atoms with Gasteiger partial charge in [0.15, 0.2) is 0 Å². The standard InChI is InChI=1S/C25H39F6N7O3S/c1-10-5-11(12-6-15(20(27)28)36-37-22(12)41-2)13(7-33-10)21(39)35-24-34-16-8-38(9-17(16)42-24)23(40)19-18(26)14(3-4-32-19)25(29,30)31/h10-20,22,24,32-34,36-37H,3-9H2,1-2H3,(H,35,39). The van der Waals surface area contributed by atoms with Crippen LogP contribution in [0.2, 0.25) is 0 Å². The topological polar surface area (TPSA) is 119 Å². The summed E-state index contributed by atoms with van der Waals surface area (Å²) in [6, 6.07) is -2.76. The number of carbonyl (C=O) groups is 2. The molecular formula is C25H39F6N7O3S. The molecule has 0 bridgehead atoms. The van der Waals surface area contributed by atoms with Gasteiger partial charge in [-0.3, -0.25) is 14.9 Å². The molecule has 0 saturated carbocycles. The first kappa shape index (κ1) is 32.0. The maximum absolute atomic E-state index is 14.7. The lowest BCUT2D eigenvalue weighted by atomic mass is 9.71.